The number of H-pyrrole nitrogens is 1. The number of benzene rings is 2. The fourth-order valence-corrected chi connectivity index (χ4v) is 2.53. The minimum Gasteiger partial charge on any atom is -0.497 e. The zero-order valence-electron chi connectivity index (χ0n) is 13.6. The van der Waals surface area contributed by atoms with Crippen molar-refractivity contribution in [2.24, 2.45) is 5.10 Å². The molecule has 1 aromatic heterocycles. The Morgan fingerprint density at radius 2 is 1.96 bits per heavy atom. The summed E-state index contributed by atoms with van der Waals surface area (Å²) in [4.78, 5) is 0. The van der Waals surface area contributed by atoms with Gasteiger partial charge in [-0.25, -0.2) is 0 Å². The first-order chi connectivity index (χ1) is 11.7. The van der Waals surface area contributed by atoms with Crippen LogP contribution in [0.25, 0.3) is 0 Å². The van der Waals surface area contributed by atoms with E-state index in [2.05, 4.69) is 15.3 Å². The maximum atomic E-state index is 5.29. The monoisotopic (exact) mass is 338 g/mol. The maximum absolute atomic E-state index is 5.29. The Balaban J connectivity index is 1.86. The van der Waals surface area contributed by atoms with E-state index in [4.69, 9.17) is 17.0 Å². The van der Waals surface area contributed by atoms with Gasteiger partial charge < -0.3 is 4.74 Å². The van der Waals surface area contributed by atoms with Crippen molar-refractivity contribution in [1.29, 1.82) is 0 Å². The molecule has 0 aliphatic rings. The second-order valence-corrected chi connectivity index (χ2v) is 5.77. The Labute approximate surface area is 145 Å². The Morgan fingerprint density at radius 1 is 1.21 bits per heavy atom. The van der Waals surface area contributed by atoms with E-state index in [-0.39, 0.29) is 0 Å². The second kappa shape index (κ2) is 7.23. The third-order valence-electron chi connectivity index (χ3n) is 3.74. The lowest BCUT2D eigenvalue weighted by Gasteiger charge is -2.04. The Hall–Kier alpha value is -2.73. The SMILES string of the molecule is COc1ccc(Cc2n[nH]c(=S)n2/N=C\c2ccccc2C)cc1. The first-order valence-corrected chi connectivity index (χ1v) is 7.97. The molecule has 0 aliphatic heterocycles. The number of rotatable bonds is 5. The molecule has 24 heavy (non-hydrogen) atoms. The van der Waals surface area contributed by atoms with Gasteiger partial charge in [-0.15, -0.1) is 0 Å². The molecule has 5 nitrogen and oxygen atoms in total. The molecule has 1 heterocycles. The summed E-state index contributed by atoms with van der Waals surface area (Å²) in [5.41, 5.74) is 3.32. The summed E-state index contributed by atoms with van der Waals surface area (Å²) in [5, 5.41) is 11.6. The third-order valence-corrected chi connectivity index (χ3v) is 4.00. The molecule has 3 aromatic rings. The second-order valence-electron chi connectivity index (χ2n) is 5.38. The molecule has 0 unspecified atom stereocenters. The molecule has 6 heteroatoms. The fourth-order valence-electron chi connectivity index (χ4n) is 2.34. The van der Waals surface area contributed by atoms with Crippen molar-refractivity contribution in [2.75, 3.05) is 7.11 Å². The number of ether oxygens (including phenoxy) is 1. The highest BCUT2D eigenvalue weighted by molar-refractivity contribution is 7.71. The zero-order chi connectivity index (χ0) is 16.9. The van der Waals surface area contributed by atoms with E-state index in [1.807, 2.05) is 55.5 Å². The lowest BCUT2D eigenvalue weighted by molar-refractivity contribution is 0.414. The number of hydrogen-bond acceptors (Lipinski definition) is 4. The third kappa shape index (κ3) is 3.60. The van der Waals surface area contributed by atoms with Gasteiger partial charge in [0.05, 0.1) is 13.3 Å². The highest BCUT2D eigenvalue weighted by atomic mass is 32.1. The summed E-state index contributed by atoms with van der Waals surface area (Å²) in [6.07, 6.45) is 2.43. The van der Waals surface area contributed by atoms with Gasteiger partial charge in [0.2, 0.25) is 4.77 Å². The molecule has 122 valence electrons. The predicted molar refractivity (Wildman–Crippen MR) is 97.4 cm³/mol. The van der Waals surface area contributed by atoms with Crippen molar-refractivity contribution in [1.82, 2.24) is 14.9 Å². The summed E-state index contributed by atoms with van der Waals surface area (Å²) in [6.45, 7) is 2.05. The highest BCUT2D eigenvalue weighted by Gasteiger charge is 2.07. The quantitative estimate of drug-likeness (QED) is 0.570. The fraction of sp³-hybridized carbons (Fsp3) is 0.167. The van der Waals surface area contributed by atoms with E-state index in [0.717, 1.165) is 28.3 Å². The van der Waals surface area contributed by atoms with Crippen LogP contribution in [0.2, 0.25) is 0 Å². The minimum absolute atomic E-state index is 0.475. The van der Waals surface area contributed by atoms with Crippen LogP contribution in [0.1, 0.15) is 22.5 Å². The van der Waals surface area contributed by atoms with E-state index in [0.29, 0.717) is 11.2 Å². The number of aryl methyl sites for hydroxylation is 1. The van der Waals surface area contributed by atoms with E-state index >= 15 is 0 Å². The maximum Gasteiger partial charge on any atom is 0.216 e. The number of aromatic nitrogens is 3. The minimum atomic E-state index is 0.475. The number of aromatic amines is 1. The molecule has 0 aliphatic carbocycles. The molecule has 2 aromatic carbocycles. The average molecular weight is 338 g/mol. The van der Waals surface area contributed by atoms with Crippen LogP contribution >= 0.6 is 12.2 Å². The molecule has 0 spiro atoms. The highest BCUT2D eigenvalue weighted by Crippen LogP contribution is 2.14. The normalized spacial score (nSPS) is 11.1. The van der Waals surface area contributed by atoms with Crippen LogP contribution in [-0.4, -0.2) is 28.2 Å². The smallest absolute Gasteiger partial charge is 0.216 e. The predicted octanol–water partition coefficient (Wildman–Crippen LogP) is 3.73. The van der Waals surface area contributed by atoms with Crippen LogP contribution in [0.15, 0.2) is 53.6 Å². The Morgan fingerprint density at radius 3 is 2.67 bits per heavy atom. The number of nitrogens with one attached hydrogen (secondary N) is 1. The van der Waals surface area contributed by atoms with Crippen molar-refractivity contribution in [3.63, 3.8) is 0 Å². The van der Waals surface area contributed by atoms with Crippen molar-refractivity contribution < 1.29 is 4.74 Å². The van der Waals surface area contributed by atoms with Crippen LogP contribution in [0.3, 0.4) is 0 Å². The zero-order valence-corrected chi connectivity index (χ0v) is 14.4. The molecule has 0 saturated carbocycles. The Kier molecular flexibility index (Phi) is 4.86. The molecule has 0 amide bonds. The summed E-state index contributed by atoms with van der Waals surface area (Å²) >= 11 is 5.29. The summed E-state index contributed by atoms with van der Waals surface area (Å²) < 4.78 is 7.31. The lowest BCUT2D eigenvalue weighted by Crippen LogP contribution is -2.01. The van der Waals surface area contributed by atoms with E-state index in [1.54, 1.807) is 18.0 Å². The molecule has 3 rings (SSSR count). The summed E-state index contributed by atoms with van der Waals surface area (Å²) in [5.74, 6) is 1.59. The molecule has 1 N–H and O–H groups in total. The molecular formula is C18H18N4OS. The van der Waals surface area contributed by atoms with Gasteiger partial charge in [0.25, 0.3) is 0 Å². The van der Waals surface area contributed by atoms with Crippen molar-refractivity contribution >= 4 is 18.4 Å². The van der Waals surface area contributed by atoms with Crippen LogP contribution in [0.5, 0.6) is 5.75 Å². The van der Waals surface area contributed by atoms with E-state index in [9.17, 15) is 0 Å². The molecule has 0 atom stereocenters. The number of hydrogen-bond donors (Lipinski definition) is 1. The molecule has 0 saturated heterocycles. The van der Waals surface area contributed by atoms with Gasteiger partial charge in [-0.05, 0) is 48.0 Å². The summed E-state index contributed by atoms with van der Waals surface area (Å²) in [7, 11) is 1.65. The largest absolute Gasteiger partial charge is 0.497 e. The first-order valence-electron chi connectivity index (χ1n) is 7.56. The van der Waals surface area contributed by atoms with Gasteiger partial charge in [0, 0.05) is 6.42 Å². The molecule has 0 radical (unpaired) electrons. The van der Waals surface area contributed by atoms with Gasteiger partial charge in [0.1, 0.15) is 5.75 Å². The van der Waals surface area contributed by atoms with Crippen molar-refractivity contribution in [2.45, 2.75) is 13.3 Å². The van der Waals surface area contributed by atoms with E-state index < -0.39 is 0 Å². The molecule has 0 fully saturated rings. The van der Waals surface area contributed by atoms with Gasteiger partial charge >= 0.3 is 0 Å². The van der Waals surface area contributed by atoms with Gasteiger partial charge in [0.15, 0.2) is 5.82 Å². The Bertz CT molecular complexity index is 909. The topological polar surface area (TPSA) is 55.2 Å². The average Bonchev–Trinajstić information content (AvgIpc) is 2.95. The van der Waals surface area contributed by atoms with Gasteiger partial charge in [-0.3, -0.25) is 5.10 Å². The summed E-state index contributed by atoms with van der Waals surface area (Å²) in [6, 6.07) is 15.9. The molecule has 0 bridgehead atoms. The van der Waals surface area contributed by atoms with Crippen molar-refractivity contribution in [3.8, 4) is 5.75 Å². The number of nitrogens with zero attached hydrogens (tertiary/aromatic N) is 3. The standard InChI is InChI=1S/C18H18N4OS/c1-13-5-3-4-6-15(13)12-19-22-17(20-21-18(22)24)11-14-7-9-16(23-2)10-8-14/h3-10,12H,11H2,1-2H3,(H,21,24)/b19-12-. The lowest BCUT2D eigenvalue weighted by atomic mass is 10.1. The van der Waals surface area contributed by atoms with Crippen LogP contribution < -0.4 is 4.74 Å². The van der Waals surface area contributed by atoms with Crippen LogP contribution in [-0.2, 0) is 6.42 Å². The van der Waals surface area contributed by atoms with Crippen molar-refractivity contribution in [3.05, 3.63) is 75.8 Å². The van der Waals surface area contributed by atoms with Crippen LogP contribution in [0, 0.1) is 11.7 Å². The molecular weight excluding hydrogens is 320 g/mol. The van der Waals surface area contributed by atoms with Gasteiger partial charge in [-0.1, -0.05) is 36.4 Å². The van der Waals surface area contributed by atoms with E-state index in [1.165, 1.54) is 0 Å². The number of methoxy groups -OCH3 is 1. The first kappa shape index (κ1) is 16.1. The van der Waals surface area contributed by atoms with Gasteiger partial charge in [-0.2, -0.15) is 14.9 Å². The van der Waals surface area contributed by atoms with Crippen LogP contribution in [0.4, 0.5) is 0 Å².